The van der Waals surface area contributed by atoms with Gasteiger partial charge < -0.3 is 19.2 Å². The van der Waals surface area contributed by atoms with Crippen LogP contribution in [0.3, 0.4) is 0 Å². The number of aromatic nitrogens is 1. The fourth-order valence-electron chi connectivity index (χ4n) is 1.43. The van der Waals surface area contributed by atoms with Crippen LogP contribution in [0.2, 0.25) is 0 Å². The van der Waals surface area contributed by atoms with Gasteiger partial charge in [0.1, 0.15) is 0 Å². The summed E-state index contributed by atoms with van der Waals surface area (Å²) in [5.41, 5.74) is 0.458. The molecule has 3 N–H and O–H groups in total. The van der Waals surface area contributed by atoms with Crippen molar-refractivity contribution in [3.63, 3.8) is 0 Å². The van der Waals surface area contributed by atoms with Crippen molar-refractivity contribution >= 4 is 15.2 Å². The Balaban J connectivity index is 3.01. The maximum absolute atomic E-state index is 11.8. The van der Waals surface area contributed by atoms with Gasteiger partial charge in [-0.3, -0.25) is 14.1 Å². The molecule has 7 nitrogen and oxygen atoms in total. The summed E-state index contributed by atoms with van der Waals surface area (Å²) in [7, 11) is -9.14. The van der Waals surface area contributed by atoms with E-state index in [1.54, 1.807) is 12.1 Å². The van der Waals surface area contributed by atoms with E-state index in [9.17, 15) is 23.8 Å². The zero-order valence-corrected chi connectivity index (χ0v) is 11.5. The summed E-state index contributed by atoms with van der Waals surface area (Å²) in [6, 6.07) is 3.15. The molecule has 2 unspecified atom stereocenters. The minimum absolute atomic E-state index is 0.0999. The summed E-state index contributed by atoms with van der Waals surface area (Å²) in [6.45, 7) is 1.38. The molecule has 0 bridgehead atoms. The van der Waals surface area contributed by atoms with E-state index < -0.39 is 20.6 Å². The molecule has 9 heteroatoms. The van der Waals surface area contributed by atoms with Gasteiger partial charge in [-0.2, -0.15) is 0 Å². The minimum Gasteiger partial charge on any atom is -0.324 e. The first kappa shape index (κ1) is 15.5. The Morgan fingerprint density at radius 2 is 2.06 bits per heavy atom. The summed E-state index contributed by atoms with van der Waals surface area (Å²) in [5.74, 6) is 0. The highest BCUT2D eigenvalue weighted by molar-refractivity contribution is 7.71. The molecular weight excluding hydrogens is 280 g/mol. The highest BCUT2D eigenvalue weighted by atomic mass is 31.2. The molecule has 1 aromatic heterocycles. The number of nitrogens with zero attached hydrogens (tertiary/aromatic N) is 1. The lowest BCUT2D eigenvalue weighted by molar-refractivity contribution is 0.264. The predicted molar refractivity (Wildman–Crippen MR) is 65.2 cm³/mol. The van der Waals surface area contributed by atoms with Crippen LogP contribution in [0.4, 0.5) is 0 Å². The Labute approximate surface area is 105 Å². The Morgan fingerprint density at radius 3 is 2.50 bits per heavy atom. The molecule has 0 aromatic carbocycles. The molecule has 0 fully saturated rings. The average Bonchev–Trinajstić information content (AvgIpc) is 2.25. The Morgan fingerprint density at radius 1 is 1.39 bits per heavy atom. The van der Waals surface area contributed by atoms with Crippen LogP contribution in [0.1, 0.15) is 12.5 Å². The largest absolute Gasteiger partial charge is 0.343 e. The van der Waals surface area contributed by atoms with Crippen LogP contribution in [0.15, 0.2) is 24.5 Å². The van der Waals surface area contributed by atoms with Gasteiger partial charge in [0.2, 0.25) is 0 Å². The maximum atomic E-state index is 11.8. The molecule has 0 saturated heterocycles. The van der Waals surface area contributed by atoms with Crippen molar-refractivity contribution in [1.29, 1.82) is 0 Å². The molecule has 0 radical (unpaired) electrons. The average molecular weight is 295 g/mol. The summed E-state index contributed by atoms with van der Waals surface area (Å²) in [4.78, 5) is 31.7. The molecule has 0 saturated carbocycles. The van der Waals surface area contributed by atoms with Crippen LogP contribution >= 0.6 is 15.2 Å². The SMILES string of the molecule is CCOP(=O)(O)C(Cc1cccnc1)P(=O)(O)O. The summed E-state index contributed by atoms with van der Waals surface area (Å²) >= 11 is 0. The van der Waals surface area contributed by atoms with Gasteiger partial charge in [-0.05, 0) is 25.0 Å². The fraction of sp³-hybridized carbons (Fsp3) is 0.444. The fourth-order valence-corrected chi connectivity index (χ4v) is 4.58. The summed E-state index contributed by atoms with van der Waals surface area (Å²) < 4.78 is 27.7. The third-order valence-electron chi connectivity index (χ3n) is 2.22. The maximum Gasteiger partial charge on any atom is 0.343 e. The van der Waals surface area contributed by atoms with Gasteiger partial charge in [-0.25, -0.2) is 0 Å². The van der Waals surface area contributed by atoms with Gasteiger partial charge in [0, 0.05) is 12.4 Å². The van der Waals surface area contributed by atoms with E-state index in [4.69, 9.17) is 0 Å². The number of hydrogen-bond donors (Lipinski definition) is 3. The molecular formula is C9H15NO6P2. The van der Waals surface area contributed by atoms with Crippen molar-refractivity contribution in [2.75, 3.05) is 6.61 Å². The molecule has 0 spiro atoms. The van der Waals surface area contributed by atoms with Crippen LogP contribution in [-0.4, -0.2) is 31.7 Å². The molecule has 0 aliphatic heterocycles. The van der Waals surface area contributed by atoms with Gasteiger partial charge in [0.15, 0.2) is 5.40 Å². The van der Waals surface area contributed by atoms with E-state index >= 15 is 0 Å². The van der Waals surface area contributed by atoms with Crippen LogP contribution in [-0.2, 0) is 20.1 Å². The van der Waals surface area contributed by atoms with Gasteiger partial charge in [-0.1, -0.05) is 6.07 Å². The van der Waals surface area contributed by atoms with Gasteiger partial charge in [0.05, 0.1) is 6.61 Å². The van der Waals surface area contributed by atoms with Crippen LogP contribution in [0.5, 0.6) is 0 Å². The first-order chi connectivity index (χ1) is 8.27. The molecule has 102 valence electrons. The lowest BCUT2D eigenvalue weighted by atomic mass is 10.2. The smallest absolute Gasteiger partial charge is 0.324 e. The van der Waals surface area contributed by atoms with Crippen molar-refractivity contribution in [2.45, 2.75) is 18.7 Å². The molecule has 2 atom stereocenters. The van der Waals surface area contributed by atoms with E-state index in [1.807, 2.05) is 0 Å². The minimum atomic E-state index is -4.76. The van der Waals surface area contributed by atoms with Crippen molar-refractivity contribution in [3.05, 3.63) is 30.1 Å². The highest BCUT2D eigenvalue weighted by Gasteiger charge is 2.45. The standard InChI is InChI=1S/C9H15NO6P2/c1-2-16-18(14,15)9(17(11,12)13)6-8-4-3-5-10-7-8/h3-5,7,9H,2,6H2,1H3,(H,14,15)(H2,11,12,13). The lowest BCUT2D eigenvalue weighted by Gasteiger charge is -2.22. The molecule has 0 amide bonds. The second-order valence-electron chi connectivity index (χ2n) is 3.62. The molecule has 1 aromatic rings. The molecule has 0 aliphatic rings. The van der Waals surface area contributed by atoms with E-state index in [-0.39, 0.29) is 13.0 Å². The van der Waals surface area contributed by atoms with Crippen molar-refractivity contribution in [3.8, 4) is 0 Å². The quantitative estimate of drug-likeness (QED) is 0.678. The van der Waals surface area contributed by atoms with Crippen LogP contribution in [0, 0.1) is 0 Å². The number of hydrogen-bond acceptors (Lipinski definition) is 4. The topological polar surface area (TPSA) is 117 Å². The monoisotopic (exact) mass is 295 g/mol. The van der Waals surface area contributed by atoms with E-state index in [0.29, 0.717) is 5.56 Å². The predicted octanol–water partition coefficient (Wildman–Crippen LogP) is 1.35. The summed E-state index contributed by atoms with van der Waals surface area (Å²) in [5, 5.41) is -1.77. The van der Waals surface area contributed by atoms with Gasteiger partial charge >= 0.3 is 15.2 Å². The second kappa shape index (κ2) is 6.06. The molecule has 18 heavy (non-hydrogen) atoms. The highest BCUT2D eigenvalue weighted by Crippen LogP contribution is 2.63. The van der Waals surface area contributed by atoms with Crippen LogP contribution < -0.4 is 0 Å². The van der Waals surface area contributed by atoms with Gasteiger partial charge in [0.25, 0.3) is 0 Å². The number of pyridine rings is 1. The van der Waals surface area contributed by atoms with E-state index in [2.05, 4.69) is 9.51 Å². The van der Waals surface area contributed by atoms with E-state index in [1.165, 1.54) is 19.3 Å². The van der Waals surface area contributed by atoms with Gasteiger partial charge in [-0.15, -0.1) is 0 Å². The first-order valence-corrected chi connectivity index (χ1v) is 8.51. The van der Waals surface area contributed by atoms with E-state index in [0.717, 1.165) is 0 Å². The third kappa shape index (κ3) is 4.28. The Hall–Kier alpha value is -0.550. The molecule has 1 heterocycles. The number of rotatable bonds is 6. The van der Waals surface area contributed by atoms with Crippen molar-refractivity contribution in [2.24, 2.45) is 0 Å². The van der Waals surface area contributed by atoms with Crippen molar-refractivity contribution in [1.82, 2.24) is 4.98 Å². The normalized spacial score (nSPS) is 17.1. The lowest BCUT2D eigenvalue weighted by Crippen LogP contribution is -2.14. The third-order valence-corrected chi connectivity index (χ3v) is 6.52. The Kier molecular flexibility index (Phi) is 5.22. The second-order valence-corrected chi connectivity index (χ2v) is 7.84. The zero-order valence-electron chi connectivity index (χ0n) is 9.71. The summed E-state index contributed by atoms with van der Waals surface area (Å²) in [6.07, 6.45) is 2.61. The molecule has 1 rings (SSSR count). The van der Waals surface area contributed by atoms with Crippen molar-refractivity contribution < 1.29 is 28.3 Å². The zero-order chi connectivity index (χ0) is 13.8. The van der Waals surface area contributed by atoms with Crippen LogP contribution in [0.25, 0.3) is 0 Å². The first-order valence-electron chi connectivity index (χ1n) is 5.18. The Bertz CT molecular complexity index is 473. The molecule has 0 aliphatic carbocycles.